The molecule has 0 spiro atoms. The van der Waals surface area contributed by atoms with E-state index in [-0.39, 0.29) is 18.5 Å². The Morgan fingerprint density at radius 3 is 2.89 bits per heavy atom. The lowest BCUT2D eigenvalue weighted by atomic mass is 10.0. The van der Waals surface area contributed by atoms with Crippen LogP contribution in [0.3, 0.4) is 0 Å². The molecule has 0 aromatic heterocycles. The smallest absolute Gasteiger partial charge is 0.122 e. The highest BCUT2D eigenvalue weighted by Gasteiger charge is 2.30. The minimum absolute atomic E-state index is 0.0245. The van der Waals surface area contributed by atoms with Crippen molar-refractivity contribution in [2.45, 2.75) is 25.9 Å². The van der Waals surface area contributed by atoms with Crippen LogP contribution in [0.4, 0.5) is 0 Å². The van der Waals surface area contributed by atoms with Crippen LogP contribution in [0.15, 0.2) is 18.2 Å². The summed E-state index contributed by atoms with van der Waals surface area (Å²) < 4.78 is 0. The number of nitrogens with zero attached hydrogens (tertiary/aromatic N) is 1. The van der Waals surface area contributed by atoms with Crippen LogP contribution in [-0.2, 0) is 6.54 Å². The van der Waals surface area contributed by atoms with Gasteiger partial charge in [-0.05, 0) is 30.5 Å². The van der Waals surface area contributed by atoms with Crippen molar-refractivity contribution < 1.29 is 5.11 Å². The van der Waals surface area contributed by atoms with E-state index in [1.54, 1.807) is 6.07 Å². The van der Waals surface area contributed by atoms with Crippen LogP contribution in [0.1, 0.15) is 24.5 Å². The van der Waals surface area contributed by atoms with E-state index in [2.05, 4.69) is 11.8 Å². The Kier molecular flexibility index (Phi) is 4.45. The fraction of sp³-hybridized carbons (Fsp3) is 0.500. The summed E-state index contributed by atoms with van der Waals surface area (Å²) in [6, 6.07) is 5.67. The minimum atomic E-state index is 0.0245. The van der Waals surface area contributed by atoms with Gasteiger partial charge in [-0.2, -0.15) is 0 Å². The molecule has 1 saturated heterocycles. The molecule has 4 N–H and O–H groups in total. The highest BCUT2D eigenvalue weighted by molar-refractivity contribution is 6.31. The fourth-order valence-corrected chi connectivity index (χ4v) is 2.88. The highest BCUT2D eigenvalue weighted by Crippen LogP contribution is 2.27. The van der Waals surface area contributed by atoms with Gasteiger partial charge in [-0.3, -0.25) is 10.3 Å². The third-order valence-electron chi connectivity index (χ3n) is 3.92. The van der Waals surface area contributed by atoms with E-state index in [1.165, 1.54) is 0 Å². The summed E-state index contributed by atoms with van der Waals surface area (Å²) in [5.41, 5.74) is 7.09. The summed E-state index contributed by atoms with van der Waals surface area (Å²) in [5.74, 6) is 0.539. The van der Waals surface area contributed by atoms with E-state index in [1.807, 2.05) is 12.1 Å². The van der Waals surface area contributed by atoms with Crippen LogP contribution in [0.2, 0.25) is 5.02 Å². The van der Waals surface area contributed by atoms with E-state index in [0.29, 0.717) is 16.5 Å². The van der Waals surface area contributed by atoms with Crippen molar-refractivity contribution >= 4 is 17.4 Å². The van der Waals surface area contributed by atoms with Gasteiger partial charge in [0.05, 0.1) is 6.61 Å². The molecule has 4 nitrogen and oxygen atoms in total. The van der Waals surface area contributed by atoms with Gasteiger partial charge in [-0.25, -0.2) is 0 Å². The van der Waals surface area contributed by atoms with Gasteiger partial charge in [0.25, 0.3) is 0 Å². The van der Waals surface area contributed by atoms with Crippen molar-refractivity contribution in [3.05, 3.63) is 34.3 Å². The second kappa shape index (κ2) is 5.90. The van der Waals surface area contributed by atoms with Crippen LogP contribution in [0.25, 0.3) is 0 Å². The van der Waals surface area contributed by atoms with E-state index in [4.69, 9.17) is 22.7 Å². The van der Waals surface area contributed by atoms with Gasteiger partial charge in [0.1, 0.15) is 5.84 Å². The maximum Gasteiger partial charge on any atom is 0.122 e. The van der Waals surface area contributed by atoms with Crippen LogP contribution >= 0.6 is 11.6 Å². The van der Waals surface area contributed by atoms with Crippen molar-refractivity contribution in [2.24, 2.45) is 11.7 Å². The number of aliphatic hydroxyl groups is 1. The number of benzene rings is 1. The van der Waals surface area contributed by atoms with Crippen LogP contribution in [-0.4, -0.2) is 35.0 Å². The number of halogens is 1. The third kappa shape index (κ3) is 3.08. The Morgan fingerprint density at radius 2 is 2.32 bits per heavy atom. The fourth-order valence-electron chi connectivity index (χ4n) is 2.64. The first-order valence-electron chi connectivity index (χ1n) is 6.50. The van der Waals surface area contributed by atoms with Gasteiger partial charge in [0.2, 0.25) is 0 Å². The molecule has 0 radical (unpaired) electrons. The quantitative estimate of drug-likeness (QED) is 0.582. The SMILES string of the molecule is CC1CCN(Cc2ccc(C(=N)N)cc2Cl)C1CO. The van der Waals surface area contributed by atoms with Crippen molar-refractivity contribution in [2.75, 3.05) is 13.2 Å². The molecule has 5 heteroatoms. The number of nitrogen functional groups attached to an aromatic ring is 1. The molecule has 1 heterocycles. The Bertz CT molecular complexity index is 478. The lowest BCUT2D eigenvalue weighted by Gasteiger charge is -2.25. The van der Waals surface area contributed by atoms with E-state index in [0.717, 1.165) is 25.1 Å². The normalized spacial score (nSPS) is 23.7. The minimum Gasteiger partial charge on any atom is -0.395 e. The number of nitrogens with two attached hydrogens (primary N) is 1. The van der Waals surface area contributed by atoms with Gasteiger partial charge < -0.3 is 10.8 Å². The van der Waals surface area contributed by atoms with Crippen LogP contribution in [0, 0.1) is 11.3 Å². The number of rotatable bonds is 4. The van der Waals surface area contributed by atoms with Crippen molar-refractivity contribution in [1.82, 2.24) is 4.90 Å². The summed E-state index contributed by atoms with van der Waals surface area (Å²) in [6.45, 7) is 4.06. The molecule has 2 rings (SSSR count). The molecule has 19 heavy (non-hydrogen) atoms. The lowest BCUT2D eigenvalue weighted by molar-refractivity contribution is 0.134. The Labute approximate surface area is 118 Å². The van der Waals surface area contributed by atoms with Crippen LogP contribution in [0.5, 0.6) is 0 Å². The van der Waals surface area contributed by atoms with Gasteiger partial charge in [0.15, 0.2) is 0 Å². The maximum absolute atomic E-state index is 9.45. The van der Waals surface area contributed by atoms with Crippen molar-refractivity contribution in [1.29, 1.82) is 5.41 Å². The van der Waals surface area contributed by atoms with Gasteiger partial charge in [-0.15, -0.1) is 0 Å². The van der Waals surface area contributed by atoms with Crippen molar-refractivity contribution in [3.63, 3.8) is 0 Å². The lowest BCUT2D eigenvalue weighted by Crippen LogP contribution is -2.34. The molecule has 2 atom stereocenters. The van der Waals surface area contributed by atoms with Gasteiger partial charge >= 0.3 is 0 Å². The Hall–Kier alpha value is -1.10. The molecule has 0 amide bonds. The molecule has 1 aliphatic heterocycles. The Balaban J connectivity index is 2.13. The van der Waals surface area contributed by atoms with E-state index < -0.39 is 0 Å². The van der Waals surface area contributed by atoms with Crippen LogP contribution < -0.4 is 5.73 Å². The average Bonchev–Trinajstić information content (AvgIpc) is 2.72. The maximum atomic E-state index is 9.45. The number of amidine groups is 1. The van der Waals surface area contributed by atoms with Gasteiger partial charge in [-0.1, -0.05) is 30.7 Å². The molecule has 1 aromatic carbocycles. The molecule has 2 unspecified atom stereocenters. The number of aliphatic hydroxyl groups excluding tert-OH is 1. The molecule has 1 aromatic rings. The number of hydrogen-bond donors (Lipinski definition) is 3. The first-order chi connectivity index (χ1) is 9.02. The average molecular weight is 282 g/mol. The summed E-state index contributed by atoms with van der Waals surface area (Å²) in [4.78, 5) is 2.26. The van der Waals surface area contributed by atoms with E-state index >= 15 is 0 Å². The molecule has 0 aliphatic carbocycles. The van der Waals surface area contributed by atoms with Gasteiger partial charge in [0, 0.05) is 23.2 Å². The predicted molar refractivity (Wildman–Crippen MR) is 77.5 cm³/mol. The molecular weight excluding hydrogens is 262 g/mol. The Morgan fingerprint density at radius 1 is 1.58 bits per heavy atom. The highest BCUT2D eigenvalue weighted by atomic mass is 35.5. The molecule has 1 aliphatic rings. The molecule has 0 saturated carbocycles. The largest absolute Gasteiger partial charge is 0.395 e. The molecule has 1 fully saturated rings. The zero-order valence-electron chi connectivity index (χ0n) is 11.1. The number of hydrogen-bond acceptors (Lipinski definition) is 3. The standard InChI is InChI=1S/C14H20ClN3O/c1-9-4-5-18(13(9)8-19)7-11-3-2-10(14(16)17)6-12(11)15/h2-3,6,9,13,19H,4-5,7-8H2,1H3,(H3,16,17). The zero-order valence-corrected chi connectivity index (χ0v) is 11.8. The third-order valence-corrected chi connectivity index (χ3v) is 4.27. The summed E-state index contributed by atoms with van der Waals surface area (Å²) >= 11 is 6.24. The second-order valence-electron chi connectivity index (χ2n) is 5.21. The number of likely N-dealkylation sites (tertiary alicyclic amines) is 1. The topological polar surface area (TPSA) is 73.3 Å². The summed E-state index contributed by atoms with van der Waals surface area (Å²) in [5, 5.41) is 17.5. The molecule has 104 valence electrons. The second-order valence-corrected chi connectivity index (χ2v) is 5.61. The van der Waals surface area contributed by atoms with E-state index in [9.17, 15) is 5.11 Å². The first-order valence-corrected chi connectivity index (χ1v) is 6.88. The van der Waals surface area contributed by atoms with Crippen molar-refractivity contribution in [3.8, 4) is 0 Å². The molecule has 0 bridgehead atoms. The summed E-state index contributed by atoms with van der Waals surface area (Å²) in [6.07, 6.45) is 1.11. The zero-order chi connectivity index (χ0) is 14.0. The number of nitrogens with one attached hydrogen (secondary N) is 1. The monoisotopic (exact) mass is 281 g/mol. The predicted octanol–water partition coefficient (Wildman–Crippen LogP) is 1.83. The molecular formula is C14H20ClN3O. The summed E-state index contributed by atoms with van der Waals surface area (Å²) in [7, 11) is 0. The first kappa shape index (κ1) is 14.3.